The van der Waals surface area contributed by atoms with Crippen LogP contribution in [0.25, 0.3) is 0 Å². The molecule has 1 rings (SSSR count). The third-order valence-corrected chi connectivity index (χ3v) is 2.52. The molecule has 3 nitrogen and oxygen atoms in total. The molecule has 1 aromatic carbocycles. The second-order valence-electron chi connectivity index (χ2n) is 3.45. The quantitative estimate of drug-likeness (QED) is 0.917. The number of ether oxygens (including phenoxy) is 1. The van der Waals surface area contributed by atoms with Gasteiger partial charge >= 0.3 is 6.18 Å². The fourth-order valence-electron chi connectivity index (χ4n) is 1.22. The zero-order valence-electron chi connectivity index (χ0n) is 9.38. The van der Waals surface area contributed by atoms with Gasteiger partial charge in [0.2, 0.25) is 0 Å². The normalized spacial score (nSPS) is 12.7. The zero-order valence-corrected chi connectivity index (χ0v) is 10.1. The largest absolute Gasteiger partial charge is 0.495 e. The van der Waals surface area contributed by atoms with E-state index in [1.807, 2.05) is 0 Å². The molecule has 0 saturated heterocycles. The molecule has 7 heteroatoms. The van der Waals surface area contributed by atoms with E-state index in [1.165, 1.54) is 31.4 Å². The van der Waals surface area contributed by atoms with Gasteiger partial charge in [-0.1, -0.05) is 11.6 Å². The van der Waals surface area contributed by atoms with Gasteiger partial charge in [0.25, 0.3) is 0 Å². The number of halogens is 4. The summed E-state index contributed by atoms with van der Waals surface area (Å²) < 4.78 is 41.9. The molecular formula is C11H10ClF3N2O. The maximum absolute atomic E-state index is 12.3. The third kappa shape index (κ3) is 3.70. The fraction of sp³-hybridized carbons (Fsp3) is 0.364. The lowest BCUT2D eigenvalue weighted by molar-refractivity contribution is -0.155. The summed E-state index contributed by atoms with van der Waals surface area (Å²) in [5.74, 6) is -1.71. The monoisotopic (exact) mass is 278 g/mol. The molecule has 1 N–H and O–H groups in total. The van der Waals surface area contributed by atoms with E-state index in [9.17, 15) is 13.2 Å². The first kappa shape index (κ1) is 14.5. The molecule has 0 aliphatic rings. The van der Waals surface area contributed by atoms with Crippen LogP contribution in [0.1, 0.15) is 0 Å². The minimum Gasteiger partial charge on any atom is -0.495 e. The van der Waals surface area contributed by atoms with Gasteiger partial charge in [0.15, 0.2) is 5.92 Å². The van der Waals surface area contributed by atoms with Crippen LogP contribution in [0.2, 0.25) is 5.02 Å². The van der Waals surface area contributed by atoms with Crippen molar-refractivity contribution < 1.29 is 17.9 Å². The average Bonchev–Trinajstić information content (AvgIpc) is 2.30. The predicted molar refractivity (Wildman–Crippen MR) is 61.7 cm³/mol. The summed E-state index contributed by atoms with van der Waals surface area (Å²) in [5.41, 5.74) is 0.403. The number of nitrogens with one attached hydrogen (secondary N) is 1. The van der Waals surface area contributed by atoms with E-state index in [0.29, 0.717) is 16.5 Å². The smallest absolute Gasteiger partial charge is 0.406 e. The Labute approximate surface area is 107 Å². The predicted octanol–water partition coefficient (Wildman–Crippen LogP) is 3.46. The highest BCUT2D eigenvalue weighted by Gasteiger charge is 2.39. The van der Waals surface area contributed by atoms with Crippen molar-refractivity contribution in [3.05, 3.63) is 23.2 Å². The number of hydrogen-bond donors (Lipinski definition) is 1. The van der Waals surface area contributed by atoms with Crippen molar-refractivity contribution in [3.63, 3.8) is 0 Å². The van der Waals surface area contributed by atoms with Gasteiger partial charge in [-0.25, -0.2) is 0 Å². The summed E-state index contributed by atoms with van der Waals surface area (Å²) in [6.45, 7) is -0.523. The molecule has 0 radical (unpaired) electrons. The van der Waals surface area contributed by atoms with Gasteiger partial charge in [0.05, 0.1) is 18.2 Å². The minimum atomic E-state index is -4.54. The summed E-state index contributed by atoms with van der Waals surface area (Å²) in [7, 11) is 1.40. The lowest BCUT2D eigenvalue weighted by Gasteiger charge is -2.15. The van der Waals surface area contributed by atoms with Crippen LogP contribution in [0.5, 0.6) is 5.75 Å². The Morgan fingerprint density at radius 2 is 2.17 bits per heavy atom. The summed E-state index contributed by atoms with van der Waals surface area (Å²) >= 11 is 5.77. The van der Waals surface area contributed by atoms with Gasteiger partial charge in [-0.05, 0) is 12.1 Å². The third-order valence-electron chi connectivity index (χ3n) is 2.21. The Bertz CT molecular complexity index is 457. The Kier molecular flexibility index (Phi) is 4.68. The maximum atomic E-state index is 12.3. The van der Waals surface area contributed by atoms with Crippen molar-refractivity contribution in [2.24, 2.45) is 5.92 Å². The van der Waals surface area contributed by atoms with E-state index in [-0.39, 0.29) is 0 Å². The molecule has 0 saturated carbocycles. The number of hydrogen-bond acceptors (Lipinski definition) is 3. The number of methoxy groups -OCH3 is 1. The molecule has 0 bridgehead atoms. The minimum absolute atomic E-state index is 0.349. The van der Waals surface area contributed by atoms with E-state index < -0.39 is 18.6 Å². The van der Waals surface area contributed by atoms with Gasteiger partial charge in [-0.2, -0.15) is 18.4 Å². The van der Waals surface area contributed by atoms with Gasteiger partial charge in [0, 0.05) is 18.3 Å². The van der Waals surface area contributed by atoms with E-state index >= 15 is 0 Å². The number of alkyl halides is 3. The van der Waals surface area contributed by atoms with Crippen LogP contribution in [0, 0.1) is 17.2 Å². The number of nitriles is 1. The van der Waals surface area contributed by atoms with Crippen molar-refractivity contribution in [2.75, 3.05) is 19.0 Å². The second kappa shape index (κ2) is 5.83. The molecule has 0 aliphatic carbocycles. The van der Waals surface area contributed by atoms with Crippen molar-refractivity contribution in [1.82, 2.24) is 0 Å². The molecule has 0 aliphatic heterocycles. The highest BCUT2D eigenvalue weighted by Crippen LogP contribution is 2.29. The molecule has 0 amide bonds. The maximum Gasteiger partial charge on any atom is 0.406 e. The van der Waals surface area contributed by atoms with E-state index in [1.54, 1.807) is 0 Å². The molecule has 98 valence electrons. The van der Waals surface area contributed by atoms with Crippen molar-refractivity contribution in [2.45, 2.75) is 6.18 Å². The van der Waals surface area contributed by atoms with Crippen LogP contribution in [-0.2, 0) is 0 Å². The molecule has 1 atom stereocenters. The highest BCUT2D eigenvalue weighted by molar-refractivity contribution is 6.32. The van der Waals surface area contributed by atoms with Crippen LogP contribution >= 0.6 is 11.6 Å². The summed E-state index contributed by atoms with van der Waals surface area (Å²) in [5, 5.41) is 11.3. The van der Waals surface area contributed by atoms with E-state index in [4.69, 9.17) is 21.6 Å². The number of anilines is 1. The molecule has 0 spiro atoms. The number of rotatable bonds is 4. The molecule has 18 heavy (non-hydrogen) atoms. The molecule has 1 unspecified atom stereocenters. The highest BCUT2D eigenvalue weighted by atomic mass is 35.5. The van der Waals surface area contributed by atoms with Gasteiger partial charge in [-0.3, -0.25) is 0 Å². The molecular weight excluding hydrogens is 269 g/mol. The summed E-state index contributed by atoms with van der Waals surface area (Å²) in [6, 6.07) is 5.68. The van der Waals surface area contributed by atoms with Gasteiger partial charge in [-0.15, -0.1) is 0 Å². The number of nitrogens with zero attached hydrogens (tertiary/aromatic N) is 1. The van der Waals surface area contributed by atoms with Crippen molar-refractivity contribution >= 4 is 17.3 Å². The van der Waals surface area contributed by atoms with Crippen LogP contribution in [0.3, 0.4) is 0 Å². The summed E-state index contributed by atoms with van der Waals surface area (Å²) in [4.78, 5) is 0. The zero-order chi connectivity index (χ0) is 13.8. The van der Waals surface area contributed by atoms with Crippen LogP contribution in [0.15, 0.2) is 18.2 Å². The first-order chi connectivity index (χ1) is 8.38. The van der Waals surface area contributed by atoms with Crippen LogP contribution in [0.4, 0.5) is 18.9 Å². The fourth-order valence-corrected chi connectivity index (χ4v) is 1.42. The van der Waals surface area contributed by atoms with Gasteiger partial charge in [0.1, 0.15) is 5.75 Å². The standard InChI is InChI=1S/C11H10ClF3N2O/c1-18-10-4-8(2-3-9(10)12)17-6-7(5-16)11(13,14)15/h2-4,7,17H,6H2,1H3. The Balaban J connectivity index is 2.72. The lowest BCUT2D eigenvalue weighted by atomic mass is 10.1. The molecule has 0 aromatic heterocycles. The van der Waals surface area contributed by atoms with Crippen LogP contribution in [-0.4, -0.2) is 19.8 Å². The Morgan fingerprint density at radius 3 is 2.67 bits per heavy atom. The SMILES string of the molecule is COc1cc(NCC(C#N)C(F)(F)F)ccc1Cl. The first-order valence-corrected chi connectivity index (χ1v) is 5.30. The Hall–Kier alpha value is -1.61. The first-order valence-electron chi connectivity index (χ1n) is 4.92. The number of benzene rings is 1. The van der Waals surface area contributed by atoms with Crippen LogP contribution < -0.4 is 10.1 Å². The van der Waals surface area contributed by atoms with E-state index in [0.717, 1.165) is 0 Å². The Morgan fingerprint density at radius 1 is 1.50 bits per heavy atom. The second-order valence-corrected chi connectivity index (χ2v) is 3.86. The summed E-state index contributed by atoms with van der Waals surface area (Å²) in [6.07, 6.45) is -4.54. The molecule has 0 heterocycles. The molecule has 0 fully saturated rings. The average molecular weight is 279 g/mol. The molecule has 1 aromatic rings. The van der Waals surface area contributed by atoms with Gasteiger partial charge < -0.3 is 10.1 Å². The van der Waals surface area contributed by atoms with E-state index in [2.05, 4.69) is 5.32 Å². The topological polar surface area (TPSA) is 45.0 Å². The van der Waals surface area contributed by atoms with Crippen molar-refractivity contribution in [3.8, 4) is 11.8 Å². The van der Waals surface area contributed by atoms with Crippen molar-refractivity contribution in [1.29, 1.82) is 5.26 Å². The lowest BCUT2D eigenvalue weighted by Crippen LogP contribution is -2.28.